The van der Waals surface area contributed by atoms with Crippen LogP contribution in [0.25, 0.3) is 0 Å². The molecule has 0 bridgehead atoms. The van der Waals surface area contributed by atoms with E-state index in [-0.39, 0.29) is 5.41 Å². The SMILES string of the molecule is CCC(C)(C)c1ccc(OC)c(Nc2cccc(C)c2)c1. The molecule has 0 fully saturated rings. The molecule has 2 heteroatoms. The van der Waals surface area contributed by atoms with Crippen molar-refractivity contribution in [1.82, 2.24) is 0 Å². The van der Waals surface area contributed by atoms with E-state index < -0.39 is 0 Å². The minimum atomic E-state index is 0.162. The molecule has 2 aromatic carbocycles. The summed E-state index contributed by atoms with van der Waals surface area (Å²) in [5, 5.41) is 3.48. The number of hydrogen-bond donors (Lipinski definition) is 1. The molecule has 21 heavy (non-hydrogen) atoms. The fraction of sp³-hybridized carbons (Fsp3) is 0.368. The Morgan fingerprint density at radius 2 is 1.86 bits per heavy atom. The van der Waals surface area contributed by atoms with Crippen LogP contribution in [0.1, 0.15) is 38.3 Å². The predicted octanol–water partition coefficient (Wildman–Crippen LogP) is 5.43. The Kier molecular flexibility index (Phi) is 4.56. The van der Waals surface area contributed by atoms with Gasteiger partial charge in [0.1, 0.15) is 5.75 Å². The summed E-state index contributed by atoms with van der Waals surface area (Å²) < 4.78 is 5.49. The monoisotopic (exact) mass is 283 g/mol. The van der Waals surface area contributed by atoms with Gasteiger partial charge in [-0.2, -0.15) is 0 Å². The maximum Gasteiger partial charge on any atom is 0.142 e. The van der Waals surface area contributed by atoms with Crippen LogP contribution < -0.4 is 10.1 Å². The third-order valence-corrected chi connectivity index (χ3v) is 4.16. The highest BCUT2D eigenvalue weighted by Crippen LogP contribution is 2.34. The highest BCUT2D eigenvalue weighted by Gasteiger charge is 2.19. The van der Waals surface area contributed by atoms with Crippen molar-refractivity contribution in [2.24, 2.45) is 0 Å². The van der Waals surface area contributed by atoms with E-state index in [4.69, 9.17) is 4.74 Å². The van der Waals surface area contributed by atoms with Crippen molar-refractivity contribution >= 4 is 11.4 Å². The Balaban J connectivity index is 2.39. The maximum absolute atomic E-state index is 5.49. The first kappa shape index (κ1) is 15.4. The first-order valence-corrected chi connectivity index (χ1v) is 7.48. The molecule has 1 N–H and O–H groups in total. The normalized spacial score (nSPS) is 11.3. The van der Waals surface area contributed by atoms with Crippen LogP contribution in [0, 0.1) is 6.92 Å². The number of benzene rings is 2. The molecule has 0 saturated carbocycles. The highest BCUT2D eigenvalue weighted by atomic mass is 16.5. The van der Waals surface area contributed by atoms with Gasteiger partial charge in [-0.25, -0.2) is 0 Å². The van der Waals surface area contributed by atoms with Gasteiger partial charge in [-0.05, 0) is 54.2 Å². The van der Waals surface area contributed by atoms with Gasteiger partial charge in [0.25, 0.3) is 0 Å². The summed E-state index contributed by atoms with van der Waals surface area (Å²) in [6.07, 6.45) is 1.10. The van der Waals surface area contributed by atoms with E-state index in [0.29, 0.717) is 0 Å². The standard InChI is InChI=1S/C19H25NO/c1-6-19(3,4)15-10-11-18(21-5)17(13-15)20-16-9-7-8-14(2)12-16/h7-13,20H,6H2,1-5H3. The van der Waals surface area contributed by atoms with Crippen molar-refractivity contribution in [1.29, 1.82) is 0 Å². The lowest BCUT2D eigenvalue weighted by Gasteiger charge is -2.25. The Morgan fingerprint density at radius 1 is 1.10 bits per heavy atom. The summed E-state index contributed by atoms with van der Waals surface area (Å²) in [5.41, 5.74) is 4.82. The van der Waals surface area contributed by atoms with Crippen molar-refractivity contribution in [2.45, 2.75) is 39.5 Å². The molecular weight excluding hydrogens is 258 g/mol. The number of hydrogen-bond acceptors (Lipinski definition) is 2. The zero-order chi connectivity index (χ0) is 15.5. The summed E-state index contributed by atoms with van der Waals surface area (Å²) in [5.74, 6) is 0.868. The lowest BCUT2D eigenvalue weighted by Crippen LogP contribution is -2.15. The number of anilines is 2. The van der Waals surface area contributed by atoms with Crippen molar-refractivity contribution < 1.29 is 4.74 Å². The van der Waals surface area contributed by atoms with Gasteiger partial charge >= 0.3 is 0 Å². The number of methoxy groups -OCH3 is 1. The molecule has 0 aliphatic rings. The van der Waals surface area contributed by atoms with Gasteiger partial charge in [0, 0.05) is 5.69 Å². The zero-order valence-corrected chi connectivity index (χ0v) is 13.7. The Morgan fingerprint density at radius 3 is 2.48 bits per heavy atom. The van der Waals surface area contributed by atoms with Gasteiger partial charge in [-0.15, -0.1) is 0 Å². The molecule has 0 heterocycles. The van der Waals surface area contributed by atoms with Crippen LogP contribution >= 0.6 is 0 Å². The summed E-state index contributed by atoms with van der Waals surface area (Å²) in [7, 11) is 1.71. The van der Waals surface area contributed by atoms with Crippen molar-refractivity contribution in [3.8, 4) is 5.75 Å². The third kappa shape index (κ3) is 3.57. The van der Waals surface area contributed by atoms with Crippen molar-refractivity contribution in [3.63, 3.8) is 0 Å². The Labute approximate surface area is 128 Å². The fourth-order valence-electron chi connectivity index (χ4n) is 2.31. The second-order valence-corrected chi connectivity index (χ2v) is 6.15. The second-order valence-electron chi connectivity index (χ2n) is 6.15. The lowest BCUT2D eigenvalue weighted by atomic mass is 9.82. The molecule has 0 aliphatic heterocycles. The molecule has 0 unspecified atom stereocenters. The Hall–Kier alpha value is -1.96. The summed E-state index contributed by atoms with van der Waals surface area (Å²) in [6.45, 7) is 8.85. The molecular formula is C19H25NO. The fourth-order valence-corrected chi connectivity index (χ4v) is 2.31. The smallest absolute Gasteiger partial charge is 0.142 e. The molecule has 0 aromatic heterocycles. The summed E-state index contributed by atoms with van der Waals surface area (Å²) in [4.78, 5) is 0. The molecule has 0 radical (unpaired) electrons. The van der Waals surface area contributed by atoms with Gasteiger partial charge in [-0.3, -0.25) is 0 Å². The molecule has 2 aromatic rings. The first-order valence-electron chi connectivity index (χ1n) is 7.48. The summed E-state index contributed by atoms with van der Waals surface area (Å²) >= 11 is 0. The van der Waals surface area contributed by atoms with Crippen molar-refractivity contribution in [3.05, 3.63) is 53.6 Å². The number of aryl methyl sites for hydroxylation is 1. The molecule has 0 aliphatic carbocycles. The van der Waals surface area contributed by atoms with E-state index >= 15 is 0 Å². The molecule has 2 rings (SSSR count). The van der Waals surface area contributed by atoms with Gasteiger partial charge < -0.3 is 10.1 Å². The van der Waals surface area contributed by atoms with Crippen LogP contribution in [0.4, 0.5) is 11.4 Å². The van der Waals surface area contributed by atoms with Gasteiger partial charge in [0.05, 0.1) is 12.8 Å². The van der Waals surface area contributed by atoms with E-state index in [2.05, 4.69) is 69.4 Å². The quantitative estimate of drug-likeness (QED) is 0.789. The number of nitrogens with one attached hydrogen (secondary N) is 1. The maximum atomic E-state index is 5.49. The lowest BCUT2D eigenvalue weighted by molar-refractivity contribution is 0.416. The van der Waals surface area contributed by atoms with Crippen LogP contribution in [-0.2, 0) is 5.41 Å². The van der Waals surface area contributed by atoms with E-state index in [1.165, 1.54) is 11.1 Å². The average Bonchev–Trinajstić information content (AvgIpc) is 2.47. The molecule has 112 valence electrons. The predicted molar refractivity (Wildman–Crippen MR) is 90.8 cm³/mol. The number of ether oxygens (including phenoxy) is 1. The first-order chi connectivity index (χ1) is 9.96. The van der Waals surface area contributed by atoms with Crippen LogP contribution in [0.5, 0.6) is 5.75 Å². The highest BCUT2D eigenvalue weighted by molar-refractivity contribution is 5.68. The zero-order valence-electron chi connectivity index (χ0n) is 13.7. The third-order valence-electron chi connectivity index (χ3n) is 4.16. The molecule has 0 amide bonds. The van der Waals surface area contributed by atoms with E-state index in [9.17, 15) is 0 Å². The van der Waals surface area contributed by atoms with Gasteiger partial charge in [0.15, 0.2) is 0 Å². The van der Waals surface area contributed by atoms with E-state index in [0.717, 1.165) is 23.5 Å². The minimum absolute atomic E-state index is 0.162. The molecule has 2 nitrogen and oxygen atoms in total. The van der Waals surface area contributed by atoms with Crippen LogP contribution in [0.15, 0.2) is 42.5 Å². The summed E-state index contributed by atoms with van der Waals surface area (Å²) in [6, 6.07) is 14.8. The minimum Gasteiger partial charge on any atom is -0.495 e. The number of rotatable bonds is 5. The Bertz CT molecular complexity index is 617. The average molecular weight is 283 g/mol. The topological polar surface area (TPSA) is 21.3 Å². The molecule has 0 atom stereocenters. The molecule has 0 spiro atoms. The van der Waals surface area contributed by atoms with Crippen LogP contribution in [0.2, 0.25) is 0 Å². The second kappa shape index (κ2) is 6.21. The largest absolute Gasteiger partial charge is 0.495 e. The van der Waals surface area contributed by atoms with Gasteiger partial charge in [-0.1, -0.05) is 39.0 Å². The van der Waals surface area contributed by atoms with Crippen LogP contribution in [-0.4, -0.2) is 7.11 Å². The van der Waals surface area contributed by atoms with Gasteiger partial charge in [0.2, 0.25) is 0 Å². The van der Waals surface area contributed by atoms with Crippen LogP contribution in [0.3, 0.4) is 0 Å². The van der Waals surface area contributed by atoms with E-state index in [1.807, 2.05) is 6.07 Å². The van der Waals surface area contributed by atoms with E-state index in [1.54, 1.807) is 7.11 Å². The molecule has 0 saturated heterocycles. The van der Waals surface area contributed by atoms with Crippen molar-refractivity contribution in [2.75, 3.05) is 12.4 Å².